The quantitative estimate of drug-likeness (QED) is 0.401. The van der Waals surface area contributed by atoms with Crippen LogP contribution in [-0.2, 0) is 0 Å². The van der Waals surface area contributed by atoms with Crippen LogP contribution in [0, 0.1) is 0 Å². The van der Waals surface area contributed by atoms with Crippen LogP contribution in [0.15, 0.2) is 0 Å². The second-order valence-electron chi connectivity index (χ2n) is 0.238. The topological polar surface area (TPSA) is 0 Å². The molecule has 0 atom stereocenters. The Kier molecular flexibility index (Phi) is 4.98. The zero-order valence-electron chi connectivity index (χ0n) is 1.94. The van der Waals surface area contributed by atoms with E-state index in [4.69, 9.17) is 10.7 Å². The fourth-order valence-electron chi connectivity index (χ4n) is 0. The maximum Gasteiger partial charge on any atom is 0.0514 e. The summed E-state index contributed by atoms with van der Waals surface area (Å²) in [6.45, 7) is 0. The summed E-state index contributed by atoms with van der Waals surface area (Å²) in [7, 11) is 6.22. The highest BCUT2D eigenvalue weighted by Crippen LogP contribution is 2.04. The van der Waals surface area contributed by atoms with Crippen molar-refractivity contribution in [2.45, 2.75) is 0 Å². The van der Waals surface area contributed by atoms with Gasteiger partial charge in [-0.15, -0.1) is 0 Å². The molecule has 0 nitrogen and oxygen atoms in total. The summed E-state index contributed by atoms with van der Waals surface area (Å²) in [6, 6.07) is 0. The van der Waals surface area contributed by atoms with E-state index >= 15 is 0 Å². The minimum Gasteiger partial charge on any atom is -0.167 e. The van der Waals surface area contributed by atoms with Crippen molar-refractivity contribution in [1.29, 1.82) is 0 Å². The normalized spacial score (nSPS) is 7.50. The number of hydrogen-bond acceptors (Lipinski definition) is 2. The van der Waals surface area contributed by atoms with Crippen LogP contribution in [0.5, 0.6) is 0 Å². The Balaban J connectivity index is 1.97. The van der Waals surface area contributed by atoms with Gasteiger partial charge >= 0.3 is 0 Å². The first kappa shape index (κ1) is 4.99. The molecule has 0 aromatic heterocycles. The van der Waals surface area contributed by atoms with Crippen LogP contribution in [0.4, 0.5) is 0 Å². The first-order valence-electron chi connectivity index (χ1n) is 0.759. The van der Waals surface area contributed by atoms with Crippen molar-refractivity contribution in [3.05, 3.63) is 0 Å². The smallest absolute Gasteiger partial charge is 0.0514 e. The van der Waals surface area contributed by atoms with Crippen molar-refractivity contribution in [2.24, 2.45) is 0 Å². The fraction of sp³-hybridized carbons (Fsp3) is 1.00. The van der Waals surface area contributed by atoms with E-state index in [1.807, 2.05) is 0 Å². The minimum absolute atomic E-state index is 0.696. The molecular formula is CH3ClS2. The Labute approximate surface area is 39.8 Å². The molecule has 0 aromatic rings. The molecule has 4 heavy (non-hydrogen) atoms. The summed E-state index contributed by atoms with van der Waals surface area (Å²) in [6.07, 6.45) is 0. The van der Waals surface area contributed by atoms with E-state index in [2.05, 4.69) is 12.6 Å². The SMILES string of the molecule is SCSCl. The molecule has 0 rings (SSSR count). The molecule has 0 N–H and O–H groups in total. The molecule has 0 aliphatic heterocycles. The van der Waals surface area contributed by atoms with Gasteiger partial charge in [-0.2, -0.15) is 12.6 Å². The molecule has 0 amide bonds. The Morgan fingerprint density at radius 1 is 2.00 bits per heavy atom. The number of halogens is 1. The van der Waals surface area contributed by atoms with Crippen LogP contribution in [0.2, 0.25) is 0 Å². The van der Waals surface area contributed by atoms with Gasteiger partial charge in [-0.05, 0) is 21.7 Å². The first-order chi connectivity index (χ1) is 1.91. The third-order valence-electron chi connectivity index (χ3n) is 0.0488. The lowest BCUT2D eigenvalue weighted by Crippen LogP contribution is -1.36. The molecular weight excluding hydrogens is 112 g/mol. The first-order valence-corrected chi connectivity index (χ1v) is 3.20. The van der Waals surface area contributed by atoms with Gasteiger partial charge in [-0.25, -0.2) is 0 Å². The summed E-state index contributed by atoms with van der Waals surface area (Å²) >= 11 is 3.75. The molecule has 26 valence electrons. The summed E-state index contributed by atoms with van der Waals surface area (Å²) in [5.41, 5.74) is 0. The lowest BCUT2D eigenvalue weighted by atomic mass is 11.9. The average molecular weight is 115 g/mol. The summed E-state index contributed by atoms with van der Waals surface area (Å²) < 4.78 is 0. The third kappa shape index (κ3) is 2.99. The van der Waals surface area contributed by atoms with Gasteiger partial charge < -0.3 is 0 Å². The zero-order chi connectivity index (χ0) is 3.41. The molecule has 0 aliphatic rings. The molecule has 0 fully saturated rings. The van der Waals surface area contributed by atoms with Crippen LogP contribution < -0.4 is 0 Å². The summed E-state index contributed by atoms with van der Waals surface area (Å²) in [5.74, 6) is 0. The summed E-state index contributed by atoms with van der Waals surface area (Å²) in [4.78, 5) is 0. The van der Waals surface area contributed by atoms with Crippen molar-refractivity contribution < 1.29 is 0 Å². The molecule has 0 unspecified atom stereocenters. The highest BCUT2D eigenvalue weighted by Gasteiger charge is 1.59. The average Bonchev–Trinajstić information content (AvgIpc) is 1.37. The van der Waals surface area contributed by atoms with E-state index in [1.165, 1.54) is 11.0 Å². The van der Waals surface area contributed by atoms with Gasteiger partial charge in [-0.3, -0.25) is 0 Å². The molecule has 0 bridgehead atoms. The highest BCUT2D eigenvalue weighted by molar-refractivity contribution is 8.26. The zero-order valence-corrected chi connectivity index (χ0v) is 4.41. The van der Waals surface area contributed by atoms with E-state index in [0.29, 0.717) is 5.08 Å². The number of thiol groups is 1. The Bertz CT molecular complexity index is 8.00. The van der Waals surface area contributed by atoms with Gasteiger partial charge in [0.25, 0.3) is 0 Å². The molecule has 0 aliphatic carbocycles. The maximum atomic E-state index is 5.03. The molecule has 0 radical (unpaired) electrons. The minimum atomic E-state index is 0.696. The van der Waals surface area contributed by atoms with Gasteiger partial charge in [-0.1, -0.05) is 0 Å². The molecule has 0 heterocycles. The fourth-order valence-corrected chi connectivity index (χ4v) is 0. The second kappa shape index (κ2) is 3.99. The Morgan fingerprint density at radius 3 is 2.25 bits per heavy atom. The van der Waals surface area contributed by atoms with Crippen molar-refractivity contribution in [2.75, 3.05) is 5.08 Å². The van der Waals surface area contributed by atoms with Gasteiger partial charge in [0.1, 0.15) is 0 Å². The van der Waals surface area contributed by atoms with Crippen LogP contribution in [0.3, 0.4) is 0 Å². The van der Waals surface area contributed by atoms with Crippen molar-refractivity contribution in [3.8, 4) is 0 Å². The van der Waals surface area contributed by atoms with Crippen LogP contribution in [0.25, 0.3) is 0 Å². The van der Waals surface area contributed by atoms with Crippen molar-refractivity contribution >= 4 is 34.3 Å². The molecule has 0 saturated heterocycles. The van der Waals surface area contributed by atoms with E-state index in [0.717, 1.165) is 0 Å². The number of hydrogen-bond donors (Lipinski definition) is 1. The monoisotopic (exact) mass is 114 g/mol. The second-order valence-corrected chi connectivity index (χ2v) is 2.14. The molecule has 0 aromatic carbocycles. The molecule has 0 saturated carbocycles. The van der Waals surface area contributed by atoms with Gasteiger partial charge in [0, 0.05) is 0 Å². The van der Waals surface area contributed by atoms with E-state index in [1.54, 1.807) is 0 Å². The Morgan fingerprint density at radius 2 is 2.25 bits per heavy atom. The molecule has 3 heteroatoms. The third-order valence-corrected chi connectivity index (χ3v) is 1.32. The maximum absolute atomic E-state index is 5.03. The van der Waals surface area contributed by atoms with Crippen LogP contribution in [-0.4, -0.2) is 5.08 Å². The van der Waals surface area contributed by atoms with Crippen molar-refractivity contribution in [3.63, 3.8) is 0 Å². The van der Waals surface area contributed by atoms with Gasteiger partial charge in [0.2, 0.25) is 0 Å². The van der Waals surface area contributed by atoms with E-state index in [9.17, 15) is 0 Å². The van der Waals surface area contributed by atoms with Crippen LogP contribution in [0.1, 0.15) is 0 Å². The number of rotatable bonds is 1. The predicted molar refractivity (Wildman–Crippen MR) is 27.3 cm³/mol. The van der Waals surface area contributed by atoms with Gasteiger partial charge in [0.15, 0.2) is 0 Å². The van der Waals surface area contributed by atoms with Gasteiger partial charge in [0.05, 0.1) is 5.08 Å². The lowest BCUT2D eigenvalue weighted by Gasteiger charge is -1.65. The van der Waals surface area contributed by atoms with E-state index in [-0.39, 0.29) is 0 Å². The standard InChI is InChI=1S/CH3ClS2/c2-4-1-3/h3H,1H2. The molecule has 0 spiro atoms. The van der Waals surface area contributed by atoms with Crippen LogP contribution >= 0.6 is 34.3 Å². The Hall–Kier alpha value is 0.990. The largest absolute Gasteiger partial charge is 0.167 e. The highest BCUT2D eigenvalue weighted by atomic mass is 35.7. The lowest BCUT2D eigenvalue weighted by molar-refractivity contribution is 2.36. The van der Waals surface area contributed by atoms with E-state index < -0.39 is 0 Å². The summed E-state index contributed by atoms with van der Waals surface area (Å²) in [5, 5.41) is 0.696. The van der Waals surface area contributed by atoms with Crippen molar-refractivity contribution in [1.82, 2.24) is 0 Å². The predicted octanol–water partition coefficient (Wildman–Crippen LogP) is 1.76.